The summed E-state index contributed by atoms with van der Waals surface area (Å²) in [5.74, 6) is 1.14. The van der Waals surface area contributed by atoms with Gasteiger partial charge < -0.3 is 9.73 Å². The monoisotopic (exact) mass is 270 g/mol. The van der Waals surface area contributed by atoms with Crippen molar-refractivity contribution in [3.05, 3.63) is 35.6 Å². The Kier molecular flexibility index (Phi) is 3.25. The van der Waals surface area contributed by atoms with E-state index < -0.39 is 0 Å². The lowest BCUT2D eigenvalue weighted by Gasteiger charge is -2.15. The fourth-order valence-electron chi connectivity index (χ4n) is 3.15. The Labute approximate surface area is 119 Å². The number of furan rings is 1. The molecule has 2 aliphatic rings. The molecule has 1 saturated heterocycles. The third kappa shape index (κ3) is 2.48. The van der Waals surface area contributed by atoms with E-state index >= 15 is 0 Å². The summed E-state index contributed by atoms with van der Waals surface area (Å²) in [6.07, 6.45) is 5.32. The van der Waals surface area contributed by atoms with Gasteiger partial charge in [-0.25, -0.2) is 0 Å². The predicted molar refractivity (Wildman–Crippen MR) is 80.6 cm³/mol. The molecule has 2 heterocycles. The van der Waals surface area contributed by atoms with E-state index in [1.54, 1.807) is 0 Å². The van der Waals surface area contributed by atoms with Crippen LogP contribution in [0, 0.1) is 0 Å². The standard InChI is InChI=1S/C17H22N2O/c1-2-6-16-14(5-1)15(12-19-9-3-4-10-19)17(20-16)11-18-13-7-8-13/h1-2,5-6,13,18H,3-4,7-12H2. The summed E-state index contributed by atoms with van der Waals surface area (Å²) in [5, 5.41) is 4.89. The Hall–Kier alpha value is -1.32. The summed E-state index contributed by atoms with van der Waals surface area (Å²) >= 11 is 0. The Morgan fingerprint density at radius 1 is 1.15 bits per heavy atom. The van der Waals surface area contributed by atoms with E-state index in [2.05, 4.69) is 34.5 Å². The molecule has 3 nitrogen and oxygen atoms in total. The molecule has 1 aliphatic carbocycles. The number of para-hydroxylation sites is 1. The molecule has 1 aromatic carbocycles. The molecule has 1 aromatic heterocycles. The molecular weight excluding hydrogens is 248 g/mol. The maximum Gasteiger partial charge on any atom is 0.134 e. The minimum atomic E-state index is 0.725. The lowest BCUT2D eigenvalue weighted by molar-refractivity contribution is 0.327. The number of benzene rings is 1. The highest BCUT2D eigenvalue weighted by Gasteiger charge is 2.23. The Balaban J connectivity index is 1.63. The number of nitrogens with one attached hydrogen (secondary N) is 1. The van der Waals surface area contributed by atoms with E-state index in [0.717, 1.165) is 30.5 Å². The van der Waals surface area contributed by atoms with Crippen LogP contribution < -0.4 is 5.32 Å². The zero-order valence-corrected chi connectivity index (χ0v) is 11.9. The summed E-state index contributed by atoms with van der Waals surface area (Å²) in [4.78, 5) is 2.55. The summed E-state index contributed by atoms with van der Waals surface area (Å²) in [5.41, 5.74) is 2.44. The number of likely N-dealkylation sites (tertiary alicyclic amines) is 1. The van der Waals surface area contributed by atoms with Gasteiger partial charge in [0.25, 0.3) is 0 Å². The predicted octanol–water partition coefficient (Wildman–Crippen LogP) is 3.28. The van der Waals surface area contributed by atoms with Crippen LogP contribution in [-0.4, -0.2) is 24.0 Å². The van der Waals surface area contributed by atoms with Crippen molar-refractivity contribution in [2.24, 2.45) is 0 Å². The van der Waals surface area contributed by atoms with Crippen LogP contribution in [0.5, 0.6) is 0 Å². The number of nitrogens with zero attached hydrogens (tertiary/aromatic N) is 1. The fourth-order valence-corrected chi connectivity index (χ4v) is 3.15. The second-order valence-corrected chi connectivity index (χ2v) is 6.14. The lowest BCUT2D eigenvalue weighted by atomic mass is 10.1. The zero-order chi connectivity index (χ0) is 13.4. The highest BCUT2D eigenvalue weighted by molar-refractivity contribution is 5.82. The SMILES string of the molecule is c1ccc2c(CN3CCCC3)c(CNC3CC3)oc2c1. The van der Waals surface area contributed by atoms with Crippen molar-refractivity contribution in [2.45, 2.75) is 44.8 Å². The van der Waals surface area contributed by atoms with Gasteiger partial charge >= 0.3 is 0 Å². The quantitative estimate of drug-likeness (QED) is 0.904. The lowest BCUT2D eigenvalue weighted by Crippen LogP contribution is -2.21. The minimum absolute atomic E-state index is 0.725. The molecule has 0 unspecified atom stereocenters. The first-order valence-electron chi connectivity index (χ1n) is 7.85. The van der Waals surface area contributed by atoms with Gasteiger partial charge in [0.15, 0.2) is 0 Å². The molecule has 0 amide bonds. The van der Waals surface area contributed by atoms with Crippen molar-refractivity contribution in [3.8, 4) is 0 Å². The summed E-state index contributed by atoms with van der Waals surface area (Å²) in [6, 6.07) is 9.18. The van der Waals surface area contributed by atoms with E-state index in [1.807, 2.05) is 0 Å². The van der Waals surface area contributed by atoms with Gasteiger partial charge in [-0.1, -0.05) is 18.2 Å². The second kappa shape index (κ2) is 5.23. The molecule has 1 aliphatic heterocycles. The largest absolute Gasteiger partial charge is 0.459 e. The normalized spacial score (nSPS) is 20.0. The van der Waals surface area contributed by atoms with Crippen LogP contribution >= 0.6 is 0 Å². The second-order valence-electron chi connectivity index (χ2n) is 6.14. The molecular formula is C17H22N2O. The highest BCUT2D eigenvalue weighted by atomic mass is 16.3. The average Bonchev–Trinajstić information content (AvgIpc) is 3.04. The van der Waals surface area contributed by atoms with Crippen molar-refractivity contribution in [1.82, 2.24) is 10.2 Å². The molecule has 1 N–H and O–H groups in total. The minimum Gasteiger partial charge on any atom is -0.459 e. The molecule has 0 spiro atoms. The van der Waals surface area contributed by atoms with Gasteiger partial charge in [-0.05, 0) is 44.8 Å². The van der Waals surface area contributed by atoms with Gasteiger partial charge in [0.2, 0.25) is 0 Å². The zero-order valence-electron chi connectivity index (χ0n) is 11.9. The molecule has 106 valence electrons. The third-order valence-electron chi connectivity index (χ3n) is 4.49. The maximum atomic E-state index is 6.10. The number of hydrogen-bond donors (Lipinski definition) is 1. The van der Waals surface area contributed by atoms with E-state index in [1.165, 1.54) is 49.7 Å². The molecule has 20 heavy (non-hydrogen) atoms. The van der Waals surface area contributed by atoms with Gasteiger partial charge in [0, 0.05) is 23.5 Å². The fraction of sp³-hybridized carbons (Fsp3) is 0.529. The number of rotatable bonds is 5. The smallest absolute Gasteiger partial charge is 0.134 e. The van der Waals surface area contributed by atoms with Crippen LogP contribution in [0.15, 0.2) is 28.7 Å². The first-order chi connectivity index (χ1) is 9.90. The van der Waals surface area contributed by atoms with E-state index in [-0.39, 0.29) is 0 Å². The van der Waals surface area contributed by atoms with Crippen LogP contribution in [0.3, 0.4) is 0 Å². The van der Waals surface area contributed by atoms with Gasteiger partial charge in [-0.3, -0.25) is 4.90 Å². The Morgan fingerprint density at radius 3 is 2.75 bits per heavy atom. The van der Waals surface area contributed by atoms with Crippen LogP contribution in [-0.2, 0) is 13.1 Å². The van der Waals surface area contributed by atoms with Crippen LogP contribution in [0.25, 0.3) is 11.0 Å². The van der Waals surface area contributed by atoms with Crippen molar-refractivity contribution in [1.29, 1.82) is 0 Å². The highest BCUT2D eigenvalue weighted by Crippen LogP contribution is 2.29. The van der Waals surface area contributed by atoms with Crippen molar-refractivity contribution >= 4 is 11.0 Å². The first-order valence-corrected chi connectivity index (χ1v) is 7.85. The van der Waals surface area contributed by atoms with Crippen molar-refractivity contribution < 1.29 is 4.42 Å². The van der Waals surface area contributed by atoms with E-state index in [9.17, 15) is 0 Å². The molecule has 0 bridgehead atoms. The number of fused-ring (bicyclic) bond motifs is 1. The molecule has 2 aromatic rings. The summed E-state index contributed by atoms with van der Waals surface area (Å²) in [6.45, 7) is 4.38. The molecule has 2 fully saturated rings. The van der Waals surface area contributed by atoms with Gasteiger partial charge in [0.1, 0.15) is 11.3 Å². The number of hydrogen-bond acceptors (Lipinski definition) is 3. The van der Waals surface area contributed by atoms with Gasteiger partial charge in [-0.2, -0.15) is 0 Å². The van der Waals surface area contributed by atoms with Crippen molar-refractivity contribution in [3.63, 3.8) is 0 Å². The Morgan fingerprint density at radius 2 is 1.95 bits per heavy atom. The van der Waals surface area contributed by atoms with E-state index in [0.29, 0.717) is 0 Å². The molecule has 0 radical (unpaired) electrons. The third-order valence-corrected chi connectivity index (χ3v) is 4.49. The molecule has 0 atom stereocenters. The van der Waals surface area contributed by atoms with Crippen molar-refractivity contribution in [2.75, 3.05) is 13.1 Å². The summed E-state index contributed by atoms with van der Waals surface area (Å²) in [7, 11) is 0. The molecule has 3 heteroatoms. The van der Waals surface area contributed by atoms with Crippen LogP contribution in [0.4, 0.5) is 0 Å². The average molecular weight is 270 g/mol. The van der Waals surface area contributed by atoms with Gasteiger partial charge in [-0.15, -0.1) is 0 Å². The molecule has 4 rings (SSSR count). The van der Waals surface area contributed by atoms with E-state index in [4.69, 9.17) is 4.42 Å². The van der Waals surface area contributed by atoms with Crippen LogP contribution in [0.2, 0.25) is 0 Å². The molecule has 1 saturated carbocycles. The Bertz CT molecular complexity index is 594. The topological polar surface area (TPSA) is 28.4 Å². The maximum absolute atomic E-state index is 6.10. The first kappa shape index (κ1) is 12.4. The van der Waals surface area contributed by atoms with Gasteiger partial charge in [0.05, 0.1) is 6.54 Å². The van der Waals surface area contributed by atoms with Crippen LogP contribution in [0.1, 0.15) is 37.0 Å². The summed E-state index contributed by atoms with van der Waals surface area (Å²) < 4.78 is 6.10.